The van der Waals surface area contributed by atoms with Gasteiger partial charge in [-0.3, -0.25) is 5.43 Å². The molecule has 2 aromatic heterocycles. The van der Waals surface area contributed by atoms with Gasteiger partial charge in [-0.25, -0.2) is 15.4 Å². The predicted octanol–water partition coefficient (Wildman–Crippen LogP) is 3.57. The van der Waals surface area contributed by atoms with Crippen molar-refractivity contribution < 1.29 is 0 Å². The van der Waals surface area contributed by atoms with Crippen LogP contribution in [-0.4, -0.2) is 20.6 Å². The van der Waals surface area contributed by atoms with E-state index in [-0.39, 0.29) is 6.04 Å². The quantitative estimate of drug-likeness (QED) is 0.704. The van der Waals surface area contributed by atoms with Gasteiger partial charge in [-0.15, -0.1) is 0 Å². The van der Waals surface area contributed by atoms with Gasteiger partial charge >= 0.3 is 0 Å². The molecule has 0 radical (unpaired) electrons. The van der Waals surface area contributed by atoms with Crippen LogP contribution in [0.25, 0.3) is 11.3 Å². The Kier molecular flexibility index (Phi) is 4.53. The molecule has 3 aromatic rings. The largest absolute Gasteiger partial charge is 0.328 e. The minimum absolute atomic E-state index is 0.216. The minimum atomic E-state index is 0.216. The summed E-state index contributed by atoms with van der Waals surface area (Å²) in [6.07, 6.45) is 4.75. The lowest BCUT2D eigenvalue weighted by atomic mass is 10.0. The molecule has 2 N–H and O–H groups in total. The molecule has 128 valence electrons. The van der Waals surface area contributed by atoms with E-state index in [0.29, 0.717) is 17.7 Å². The van der Waals surface area contributed by atoms with E-state index in [1.807, 2.05) is 42.9 Å². The fraction of sp³-hybridized carbons (Fsp3) is 0.263. The van der Waals surface area contributed by atoms with E-state index < -0.39 is 0 Å². The number of aromatic nitrogens is 3. The third-order valence-electron chi connectivity index (χ3n) is 4.49. The highest BCUT2D eigenvalue weighted by atomic mass is 35.5. The van der Waals surface area contributed by atoms with Gasteiger partial charge in [-0.05, 0) is 25.0 Å². The van der Waals surface area contributed by atoms with Crippen molar-refractivity contribution in [2.24, 2.45) is 0 Å². The molecule has 0 saturated carbocycles. The second-order valence-electron chi connectivity index (χ2n) is 6.44. The number of nitrogens with zero attached hydrogens (tertiary/aromatic N) is 3. The van der Waals surface area contributed by atoms with Gasteiger partial charge in [0.15, 0.2) is 0 Å². The number of pyridine rings is 1. The van der Waals surface area contributed by atoms with Crippen LogP contribution in [0.1, 0.15) is 30.6 Å². The van der Waals surface area contributed by atoms with E-state index in [4.69, 9.17) is 16.6 Å². The Morgan fingerprint density at radius 2 is 1.96 bits per heavy atom. The van der Waals surface area contributed by atoms with E-state index in [1.54, 1.807) is 0 Å². The molecule has 1 saturated heterocycles. The van der Waals surface area contributed by atoms with E-state index >= 15 is 0 Å². The maximum atomic E-state index is 5.90. The van der Waals surface area contributed by atoms with E-state index in [0.717, 1.165) is 23.2 Å². The fourth-order valence-corrected chi connectivity index (χ4v) is 3.40. The Morgan fingerprint density at radius 1 is 1.12 bits per heavy atom. The summed E-state index contributed by atoms with van der Waals surface area (Å²) in [5.74, 6) is 0. The van der Waals surface area contributed by atoms with Crippen LogP contribution in [0.5, 0.6) is 0 Å². The molecule has 0 bridgehead atoms. The van der Waals surface area contributed by atoms with Crippen LogP contribution in [0.4, 0.5) is 0 Å². The molecule has 1 fully saturated rings. The monoisotopic (exact) mass is 353 g/mol. The zero-order chi connectivity index (χ0) is 17.2. The van der Waals surface area contributed by atoms with Gasteiger partial charge in [0.05, 0.1) is 30.3 Å². The van der Waals surface area contributed by atoms with Crippen molar-refractivity contribution in [1.82, 2.24) is 25.4 Å². The Balaban J connectivity index is 1.73. The number of hydrogen-bond donors (Lipinski definition) is 2. The Morgan fingerprint density at radius 3 is 2.64 bits per heavy atom. The first-order valence-corrected chi connectivity index (χ1v) is 8.80. The SMILES string of the molecule is CC1CC(c2c(-c3ccccc3)ncn2Cc2ccc(Cl)nc2)NN1. The molecule has 1 aliphatic rings. The van der Waals surface area contributed by atoms with Gasteiger partial charge < -0.3 is 4.57 Å². The molecule has 0 spiro atoms. The third-order valence-corrected chi connectivity index (χ3v) is 4.71. The topological polar surface area (TPSA) is 54.8 Å². The average molecular weight is 354 g/mol. The van der Waals surface area contributed by atoms with Crippen LogP contribution in [-0.2, 0) is 6.54 Å². The first kappa shape index (κ1) is 16.3. The van der Waals surface area contributed by atoms with Crippen molar-refractivity contribution in [1.29, 1.82) is 0 Å². The molecule has 1 aliphatic heterocycles. The summed E-state index contributed by atoms with van der Waals surface area (Å²) in [5.41, 5.74) is 11.2. The highest BCUT2D eigenvalue weighted by Gasteiger charge is 2.28. The molecule has 4 rings (SSSR count). The number of rotatable bonds is 4. The minimum Gasteiger partial charge on any atom is -0.328 e. The maximum Gasteiger partial charge on any atom is 0.129 e. The number of imidazole rings is 1. The maximum absolute atomic E-state index is 5.90. The molecule has 5 nitrogen and oxygen atoms in total. The second-order valence-corrected chi connectivity index (χ2v) is 6.83. The lowest BCUT2D eigenvalue weighted by Crippen LogP contribution is -2.29. The zero-order valence-corrected chi connectivity index (χ0v) is 14.7. The van der Waals surface area contributed by atoms with Gasteiger partial charge in [0.1, 0.15) is 5.15 Å². The number of nitrogens with one attached hydrogen (secondary N) is 2. The first-order valence-electron chi connectivity index (χ1n) is 8.42. The number of hydrazine groups is 1. The normalized spacial score (nSPS) is 20.1. The van der Waals surface area contributed by atoms with E-state index in [2.05, 4.69) is 39.5 Å². The summed E-state index contributed by atoms with van der Waals surface area (Å²) in [6.45, 7) is 2.89. The molecule has 2 atom stereocenters. The molecular formula is C19H20ClN5. The van der Waals surface area contributed by atoms with Crippen molar-refractivity contribution in [3.8, 4) is 11.3 Å². The van der Waals surface area contributed by atoms with Crippen LogP contribution < -0.4 is 10.9 Å². The summed E-state index contributed by atoms with van der Waals surface area (Å²) >= 11 is 5.90. The summed E-state index contributed by atoms with van der Waals surface area (Å²) in [7, 11) is 0. The Hall–Kier alpha value is -2.21. The molecule has 0 amide bonds. The highest BCUT2D eigenvalue weighted by molar-refractivity contribution is 6.29. The fourth-order valence-electron chi connectivity index (χ4n) is 3.29. The summed E-state index contributed by atoms with van der Waals surface area (Å²) in [5, 5.41) is 0.509. The van der Waals surface area contributed by atoms with Gasteiger partial charge in [-0.2, -0.15) is 0 Å². The van der Waals surface area contributed by atoms with Crippen molar-refractivity contribution in [2.75, 3.05) is 0 Å². The van der Waals surface area contributed by atoms with Crippen LogP contribution in [0, 0.1) is 0 Å². The second kappa shape index (κ2) is 6.96. The standard InChI is InChI=1S/C19H20ClN5/c1-13-9-16(24-23-13)19-18(15-5-3-2-4-6-15)22-12-25(19)11-14-7-8-17(20)21-10-14/h2-8,10,12-13,16,23-24H,9,11H2,1H3. The molecule has 25 heavy (non-hydrogen) atoms. The van der Waals surface area contributed by atoms with Gasteiger partial charge in [0.25, 0.3) is 0 Å². The summed E-state index contributed by atoms with van der Waals surface area (Å²) in [4.78, 5) is 8.90. The average Bonchev–Trinajstić information content (AvgIpc) is 3.24. The highest BCUT2D eigenvalue weighted by Crippen LogP contribution is 2.31. The lowest BCUT2D eigenvalue weighted by molar-refractivity contribution is 0.537. The van der Waals surface area contributed by atoms with E-state index in [9.17, 15) is 0 Å². The van der Waals surface area contributed by atoms with Crippen molar-refractivity contribution >= 4 is 11.6 Å². The molecule has 3 heterocycles. The van der Waals surface area contributed by atoms with Crippen LogP contribution in [0.2, 0.25) is 5.15 Å². The van der Waals surface area contributed by atoms with Crippen molar-refractivity contribution in [2.45, 2.75) is 32.0 Å². The Bertz CT molecular complexity index is 844. The van der Waals surface area contributed by atoms with E-state index in [1.165, 1.54) is 5.69 Å². The number of halogens is 1. The van der Waals surface area contributed by atoms with Crippen LogP contribution in [0.15, 0.2) is 55.0 Å². The van der Waals surface area contributed by atoms with Gasteiger partial charge in [-0.1, -0.05) is 48.0 Å². The van der Waals surface area contributed by atoms with Gasteiger partial charge in [0, 0.05) is 17.8 Å². The zero-order valence-electron chi connectivity index (χ0n) is 14.0. The molecule has 1 aromatic carbocycles. The summed E-state index contributed by atoms with van der Waals surface area (Å²) < 4.78 is 2.20. The lowest BCUT2D eigenvalue weighted by Gasteiger charge is -2.16. The van der Waals surface area contributed by atoms with Gasteiger partial charge in [0.2, 0.25) is 0 Å². The number of hydrogen-bond acceptors (Lipinski definition) is 4. The molecule has 6 heteroatoms. The van der Waals surface area contributed by atoms with Crippen molar-refractivity contribution in [3.63, 3.8) is 0 Å². The van der Waals surface area contributed by atoms with Crippen LogP contribution in [0.3, 0.4) is 0 Å². The predicted molar refractivity (Wildman–Crippen MR) is 99.1 cm³/mol. The molecule has 0 aliphatic carbocycles. The smallest absolute Gasteiger partial charge is 0.129 e. The summed E-state index contributed by atoms with van der Waals surface area (Å²) in [6, 6.07) is 14.8. The van der Waals surface area contributed by atoms with Crippen molar-refractivity contribution in [3.05, 3.63) is 71.4 Å². The number of benzene rings is 1. The molecular weight excluding hydrogens is 334 g/mol. The Labute approximate surface area is 152 Å². The van der Waals surface area contributed by atoms with Crippen LogP contribution >= 0.6 is 11.6 Å². The first-order chi connectivity index (χ1) is 12.2. The molecule has 2 unspecified atom stereocenters. The third kappa shape index (κ3) is 3.44.